The molecule has 0 unspecified atom stereocenters. The second kappa shape index (κ2) is 9.06. The first-order chi connectivity index (χ1) is 15.5. The van der Waals surface area contributed by atoms with Gasteiger partial charge < -0.3 is 14.8 Å². The number of rotatable bonds is 7. The smallest absolute Gasteiger partial charge is 0.283 e. The molecule has 2 heterocycles. The van der Waals surface area contributed by atoms with Crippen LogP contribution in [-0.2, 0) is 17.9 Å². The molecule has 0 bridgehead atoms. The number of methoxy groups -OCH3 is 2. The molecule has 10 nitrogen and oxygen atoms in total. The zero-order valence-electron chi connectivity index (χ0n) is 17.3. The van der Waals surface area contributed by atoms with Gasteiger partial charge in [0, 0.05) is 28.9 Å². The van der Waals surface area contributed by atoms with Gasteiger partial charge in [0.2, 0.25) is 5.91 Å². The van der Waals surface area contributed by atoms with Crippen molar-refractivity contribution in [3.05, 3.63) is 69.7 Å². The Kier molecular flexibility index (Phi) is 6.04. The van der Waals surface area contributed by atoms with Crippen molar-refractivity contribution in [1.82, 2.24) is 24.5 Å². The van der Waals surface area contributed by atoms with E-state index in [1.807, 2.05) is 12.1 Å². The summed E-state index contributed by atoms with van der Waals surface area (Å²) in [6.07, 6.45) is 1.30. The third-order valence-corrected chi connectivity index (χ3v) is 4.94. The van der Waals surface area contributed by atoms with Crippen LogP contribution >= 0.6 is 11.6 Å². The first-order valence-electron chi connectivity index (χ1n) is 9.53. The highest BCUT2D eigenvalue weighted by Crippen LogP contribution is 2.25. The number of nitrogens with one attached hydrogen (secondary N) is 1. The molecule has 32 heavy (non-hydrogen) atoms. The number of halogens is 1. The van der Waals surface area contributed by atoms with E-state index in [2.05, 4.69) is 20.6 Å². The summed E-state index contributed by atoms with van der Waals surface area (Å²) in [7, 11) is 3.03. The van der Waals surface area contributed by atoms with Crippen molar-refractivity contribution in [3.63, 3.8) is 0 Å². The number of carbonyl (C=O) groups excluding carboxylic acids is 1. The van der Waals surface area contributed by atoms with Gasteiger partial charge in [-0.2, -0.15) is 0 Å². The molecule has 4 aromatic rings. The second-order valence-corrected chi connectivity index (χ2v) is 7.31. The first kappa shape index (κ1) is 21.3. The largest absolute Gasteiger partial charge is 0.497 e. The molecule has 0 radical (unpaired) electrons. The summed E-state index contributed by atoms with van der Waals surface area (Å²) in [6.45, 7) is 0.133. The number of carbonyl (C=O) groups is 1. The minimum Gasteiger partial charge on any atom is -0.497 e. The Labute approximate surface area is 187 Å². The summed E-state index contributed by atoms with van der Waals surface area (Å²) in [6, 6.07) is 12.2. The average Bonchev–Trinajstić information content (AvgIpc) is 3.20. The predicted molar refractivity (Wildman–Crippen MR) is 118 cm³/mol. The summed E-state index contributed by atoms with van der Waals surface area (Å²) < 4.78 is 13.1. The average molecular weight is 455 g/mol. The fraction of sp³-hybridized carbons (Fsp3) is 0.190. The number of ether oxygens (including phenoxy) is 2. The topological polar surface area (TPSA) is 113 Å². The molecule has 0 atom stereocenters. The number of amides is 1. The van der Waals surface area contributed by atoms with Gasteiger partial charge in [0.1, 0.15) is 24.4 Å². The molecule has 2 aromatic carbocycles. The van der Waals surface area contributed by atoms with E-state index >= 15 is 0 Å². The van der Waals surface area contributed by atoms with Crippen molar-refractivity contribution >= 4 is 34.4 Å². The normalized spacial score (nSPS) is 10.8. The summed E-state index contributed by atoms with van der Waals surface area (Å²) >= 11 is 5.91. The first-order valence-corrected chi connectivity index (χ1v) is 9.90. The van der Waals surface area contributed by atoms with E-state index < -0.39 is 11.5 Å². The maximum atomic E-state index is 12.8. The van der Waals surface area contributed by atoms with Gasteiger partial charge in [-0.1, -0.05) is 28.9 Å². The maximum Gasteiger partial charge on any atom is 0.283 e. The fourth-order valence-electron chi connectivity index (χ4n) is 3.10. The van der Waals surface area contributed by atoms with Crippen molar-refractivity contribution in [3.8, 4) is 11.5 Å². The Bertz CT molecular complexity index is 1310. The number of nitrogens with zero attached hydrogens (tertiary/aromatic N) is 5. The van der Waals surface area contributed by atoms with Gasteiger partial charge in [-0.3, -0.25) is 14.2 Å². The van der Waals surface area contributed by atoms with E-state index in [-0.39, 0.29) is 12.1 Å². The molecule has 1 amide bonds. The predicted octanol–water partition coefficient (Wildman–Crippen LogP) is 2.35. The molecule has 11 heteroatoms. The molecule has 164 valence electrons. The van der Waals surface area contributed by atoms with Crippen LogP contribution < -0.4 is 20.3 Å². The lowest BCUT2D eigenvalue weighted by molar-refractivity contribution is -0.116. The van der Waals surface area contributed by atoms with Gasteiger partial charge in [-0.05, 0) is 17.7 Å². The Morgan fingerprint density at radius 3 is 2.44 bits per heavy atom. The van der Waals surface area contributed by atoms with Gasteiger partial charge >= 0.3 is 0 Å². The highest BCUT2D eigenvalue weighted by Gasteiger charge is 2.15. The molecule has 1 N–H and O–H groups in total. The van der Waals surface area contributed by atoms with Crippen LogP contribution in [-0.4, -0.2) is 44.7 Å². The molecule has 0 aliphatic heterocycles. The van der Waals surface area contributed by atoms with E-state index in [9.17, 15) is 9.59 Å². The van der Waals surface area contributed by atoms with Crippen LogP contribution in [0.2, 0.25) is 5.02 Å². The van der Waals surface area contributed by atoms with Crippen molar-refractivity contribution in [2.24, 2.45) is 0 Å². The maximum absolute atomic E-state index is 12.8. The highest BCUT2D eigenvalue weighted by atomic mass is 35.5. The van der Waals surface area contributed by atoms with E-state index in [0.717, 1.165) is 5.56 Å². The molecule has 0 saturated heterocycles. The zero-order valence-corrected chi connectivity index (χ0v) is 18.0. The van der Waals surface area contributed by atoms with Crippen molar-refractivity contribution in [1.29, 1.82) is 0 Å². The van der Waals surface area contributed by atoms with E-state index in [0.29, 0.717) is 34.4 Å². The quantitative estimate of drug-likeness (QED) is 0.456. The number of benzene rings is 2. The minimum atomic E-state index is -0.462. The highest BCUT2D eigenvalue weighted by molar-refractivity contribution is 6.30. The van der Waals surface area contributed by atoms with E-state index in [1.165, 1.54) is 29.8 Å². The molecular formula is C21H19ClN6O4. The second-order valence-electron chi connectivity index (χ2n) is 6.87. The van der Waals surface area contributed by atoms with Crippen molar-refractivity contribution in [2.75, 3.05) is 19.5 Å². The number of hydrogen-bond acceptors (Lipinski definition) is 7. The van der Waals surface area contributed by atoms with Crippen LogP contribution in [0, 0.1) is 0 Å². The summed E-state index contributed by atoms with van der Waals surface area (Å²) in [5.41, 5.74) is 1.36. The molecule has 0 aliphatic carbocycles. The molecule has 0 spiro atoms. The minimum absolute atomic E-state index is 0.0808. The van der Waals surface area contributed by atoms with Crippen LogP contribution in [0.3, 0.4) is 0 Å². The van der Waals surface area contributed by atoms with Crippen LogP contribution in [0.25, 0.3) is 11.2 Å². The molecule has 0 saturated carbocycles. The van der Waals surface area contributed by atoms with Gasteiger partial charge in [-0.25, -0.2) is 9.67 Å². The third kappa shape index (κ3) is 4.54. The van der Waals surface area contributed by atoms with Crippen LogP contribution in [0.15, 0.2) is 53.6 Å². The number of hydrogen-bond donors (Lipinski definition) is 1. The molecular weight excluding hydrogens is 436 g/mol. The van der Waals surface area contributed by atoms with Crippen LogP contribution in [0.4, 0.5) is 5.69 Å². The zero-order chi connectivity index (χ0) is 22.7. The van der Waals surface area contributed by atoms with E-state index in [4.69, 9.17) is 21.1 Å². The number of aromatic nitrogens is 5. The van der Waals surface area contributed by atoms with Gasteiger partial charge in [0.15, 0.2) is 11.2 Å². The van der Waals surface area contributed by atoms with Gasteiger partial charge in [0.25, 0.3) is 5.56 Å². The number of anilines is 1. The SMILES string of the molecule is COc1cc(NC(=O)Cn2cnc3c(nnn3Cc3ccc(Cl)cc3)c2=O)cc(OC)c1. The fourth-order valence-corrected chi connectivity index (χ4v) is 3.23. The third-order valence-electron chi connectivity index (χ3n) is 4.69. The summed E-state index contributed by atoms with van der Waals surface area (Å²) in [5, 5.41) is 11.3. The van der Waals surface area contributed by atoms with E-state index in [1.54, 1.807) is 30.3 Å². The molecule has 0 fully saturated rings. The number of fused-ring (bicyclic) bond motifs is 1. The van der Waals surface area contributed by atoms with Gasteiger partial charge in [-0.15, -0.1) is 5.10 Å². The molecule has 4 rings (SSSR count). The van der Waals surface area contributed by atoms with Crippen molar-refractivity contribution in [2.45, 2.75) is 13.1 Å². The summed E-state index contributed by atoms with van der Waals surface area (Å²) in [5.74, 6) is 0.631. The lowest BCUT2D eigenvalue weighted by Gasteiger charge is -2.10. The monoisotopic (exact) mass is 454 g/mol. The standard InChI is InChI=1S/C21H19ClN6O4/c1-31-16-7-15(8-17(9-16)32-2)24-18(29)11-27-12-23-20-19(21(27)30)25-26-28(20)10-13-3-5-14(22)6-4-13/h3-9,12H,10-11H2,1-2H3,(H,24,29). The Morgan fingerprint density at radius 1 is 1.09 bits per heavy atom. The Morgan fingerprint density at radius 2 is 1.78 bits per heavy atom. The van der Waals surface area contributed by atoms with Gasteiger partial charge in [0.05, 0.1) is 20.8 Å². The summed E-state index contributed by atoms with van der Waals surface area (Å²) in [4.78, 5) is 29.6. The molecule has 0 aliphatic rings. The lowest BCUT2D eigenvalue weighted by atomic mass is 10.2. The Balaban J connectivity index is 1.53. The van der Waals surface area contributed by atoms with Crippen LogP contribution in [0.1, 0.15) is 5.56 Å². The van der Waals surface area contributed by atoms with Crippen molar-refractivity contribution < 1.29 is 14.3 Å². The lowest BCUT2D eigenvalue weighted by Crippen LogP contribution is -2.28. The Hall–Kier alpha value is -3.92. The molecule has 2 aromatic heterocycles. The van der Waals surface area contributed by atoms with Crippen LogP contribution in [0.5, 0.6) is 11.5 Å².